The predicted molar refractivity (Wildman–Crippen MR) is 109 cm³/mol. The van der Waals surface area contributed by atoms with E-state index in [4.69, 9.17) is 9.84 Å². The molecule has 9 nitrogen and oxygen atoms in total. The van der Waals surface area contributed by atoms with Gasteiger partial charge in [0.05, 0.1) is 23.7 Å². The largest absolute Gasteiger partial charge is 0.484 e. The molecule has 0 spiro atoms. The van der Waals surface area contributed by atoms with E-state index in [0.717, 1.165) is 41.4 Å². The van der Waals surface area contributed by atoms with E-state index in [9.17, 15) is 22.4 Å². The number of ether oxygens (including phenoxy) is 1. The number of amides is 2. The van der Waals surface area contributed by atoms with Gasteiger partial charge in [-0.25, -0.2) is 17.6 Å². The van der Waals surface area contributed by atoms with Crippen molar-refractivity contribution in [2.75, 3.05) is 22.7 Å². The van der Waals surface area contributed by atoms with Crippen LogP contribution in [-0.2, 0) is 14.8 Å². The van der Waals surface area contributed by atoms with Crippen molar-refractivity contribution in [3.05, 3.63) is 48.3 Å². The number of hydrogen-bond acceptors (Lipinski definition) is 5. The normalized spacial score (nSPS) is 18.0. The van der Waals surface area contributed by atoms with Gasteiger partial charge in [0.15, 0.2) is 0 Å². The highest BCUT2D eigenvalue weighted by Gasteiger charge is 2.36. The van der Waals surface area contributed by atoms with Crippen molar-refractivity contribution in [3.63, 3.8) is 0 Å². The summed E-state index contributed by atoms with van der Waals surface area (Å²) in [5.74, 6) is -0.448. The Morgan fingerprint density at radius 2 is 1.87 bits per heavy atom. The minimum Gasteiger partial charge on any atom is -0.484 e. The molecule has 1 heterocycles. The first-order chi connectivity index (χ1) is 14.7. The third kappa shape index (κ3) is 4.55. The van der Waals surface area contributed by atoms with Gasteiger partial charge >= 0.3 is 6.09 Å². The highest BCUT2D eigenvalue weighted by atomic mass is 32.2. The van der Waals surface area contributed by atoms with E-state index in [1.807, 2.05) is 0 Å². The summed E-state index contributed by atoms with van der Waals surface area (Å²) in [5, 5.41) is 13.9. The molecule has 1 atom stereocenters. The number of carbonyl (C=O) groups excluding carboxylic acids is 1. The number of fused-ring (bicyclic) bond motifs is 1. The van der Waals surface area contributed by atoms with Gasteiger partial charge in [-0.2, -0.15) is 0 Å². The summed E-state index contributed by atoms with van der Waals surface area (Å²) in [5.41, 5.74) is 0.301. The molecule has 1 aliphatic carbocycles. The Balaban J connectivity index is 1.67. The average Bonchev–Trinajstić information content (AvgIpc) is 3.57. The second-order valence-electron chi connectivity index (χ2n) is 7.36. The van der Waals surface area contributed by atoms with Gasteiger partial charge in [-0.3, -0.25) is 14.4 Å². The first-order valence-electron chi connectivity index (χ1n) is 9.61. The van der Waals surface area contributed by atoms with Gasteiger partial charge in [0, 0.05) is 11.6 Å². The van der Waals surface area contributed by atoms with Crippen molar-refractivity contribution in [3.8, 4) is 5.75 Å². The molecule has 1 aliphatic heterocycles. The molecule has 0 aromatic heterocycles. The number of sulfonamides is 1. The van der Waals surface area contributed by atoms with Crippen LogP contribution in [0.25, 0.3) is 0 Å². The van der Waals surface area contributed by atoms with E-state index in [1.54, 1.807) is 0 Å². The van der Waals surface area contributed by atoms with Crippen LogP contribution in [0.1, 0.15) is 12.8 Å². The molecule has 0 bridgehead atoms. The van der Waals surface area contributed by atoms with E-state index < -0.39 is 28.0 Å². The average molecular weight is 449 g/mol. The number of carboxylic acid groups (broad SMARTS) is 1. The number of benzene rings is 2. The van der Waals surface area contributed by atoms with E-state index in [0.29, 0.717) is 0 Å². The number of rotatable bonds is 6. The molecule has 2 aromatic carbocycles. The lowest BCUT2D eigenvalue weighted by atomic mass is 10.2. The van der Waals surface area contributed by atoms with E-state index in [-0.39, 0.29) is 46.9 Å². The minimum atomic E-state index is -4.11. The SMILES string of the molecule is O=C(O)Nc1ccc2c(c1)N(S(=O)(=O)c1ccc(F)cc1)C[C@H](CNC(=O)C1CC1)O2. The van der Waals surface area contributed by atoms with Crippen LogP contribution in [0.4, 0.5) is 20.6 Å². The molecule has 1 fully saturated rings. The van der Waals surface area contributed by atoms with E-state index in [2.05, 4.69) is 10.6 Å². The summed E-state index contributed by atoms with van der Waals surface area (Å²) >= 11 is 0. The highest BCUT2D eigenvalue weighted by Crippen LogP contribution is 2.39. The van der Waals surface area contributed by atoms with Gasteiger partial charge in [-0.15, -0.1) is 0 Å². The Kier molecular flexibility index (Phi) is 5.44. The first kappa shape index (κ1) is 20.9. The lowest BCUT2D eigenvalue weighted by Crippen LogP contribution is -2.48. The van der Waals surface area contributed by atoms with Crippen molar-refractivity contribution in [2.24, 2.45) is 5.92 Å². The molecule has 4 rings (SSSR count). The molecule has 11 heteroatoms. The fourth-order valence-electron chi connectivity index (χ4n) is 3.29. The van der Waals surface area contributed by atoms with Gasteiger partial charge in [0.1, 0.15) is 17.7 Å². The molecule has 0 unspecified atom stereocenters. The molecule has 2 aliphatic rings. The van der Waals surface area contributed by atoms with Crippen LogP contribution in [0.2, 0.25) is 0 Å². The number of carbonyl (C=O) groups is 2. The Bertz CT molecular complexity index is 1120. The summed E-state index contributed by atoms with van der Waals surface area (Å²) in [6.45, 7) is -0.00643. The molecular formula is C20H20FN3O6S. The number of anilines is 2. The zero-order chi connectivity index (χ0) is 22.2. The summed E-state index contributed by atoms with van der Waals surface area (Å²) < 4.78 is 46.9. The van der Waals surface area contributed by atoms with Gasteiger partial charge in [0.2, 0.25) is 5.91 Å². The number of halogens is 1. The van der Waals surface area contributed by atoms with Crippen LogP contribution in [-0.4, -0.2) is 44.7 Å². The molecule has 0 saturated heterocycles. The van der Waals surface area contributed by atoms with Crippen LogP contribution in [0.3, 0.4) is 0 Å². The third-order valence-corrected chi connectivity index (χ3v) is 6.79. The van der Waals surface area contributed by atoms with E-state index >= 15 is 0 Å². The number of nitrogens with zero attached hydrogens (tertiary/aromatic N) is 1. The first-order valence-corrected chi connectivity index (χ1v) is 11.0. The van der Waals surface area contributed by atoms with Gasteiger partial charge in [-0.1, -0.05) is 0 Å². The predicted octanol–water partition coefficient (Wildman–Crippen LogP) is 2.40. The summed E-state index contributed by atoms with van der Waals surface area (Å²) in [6, 6.07) is 8.66. The zero-order valence-corrected chi connectivity index (χ0v) is 17.1. The van der Waals surface area contributed by atoms with Crippen molar-refractivity contribution < 1.29 is 32.2 Å². The van der Waals surface area contributed by atoms with Crippen molar-refractivity contribution >= 4 is 33.4 Å². The second kappa shape index (κ2) is 8.06. The number of nitrogens with one attached hydrogen (secondary N) is 2. The molecule has 164 valence electrons. The summed E-state index contributed by atoms with van der Waals surface area (Å²) in [6.07, 6.45) is -0.288. The molecular weight excluding hydrogens is 429 g/mol. The molecule has 2 amide bonds. The maximum atomic E-state index is 13.3. The van der Waals surface area contributed by atoms with Crippen LogP contribution < -0.4 is 19.7 Å². The topological polar surface area (TPSA) is 125 Å². The molecule has 0 radical (unpaired) electrons. The fourth-order valence-corrected chi connectivity index (χ4v) is 4.78. The Labute approximate surface area is 177 Å². The highest BCUT2D eigenvalue weighted by molar-refractivity contribution is 7.92. The Morgan fingerprint density at radius 1 is 1.16 bits per heavy atom. The zero-order valence-electron chi connectivity index (χ0n) is 16.2. The van der Waals surface area contributed by atoms with Crippen LogP contribution in [0.15, 0.2) is 47.4 Å². The van der Waals surface area contributed by atoms with Gasteiger partial charge in [0.25, 0.3) is 10.0 Å². The van der Waals surface area contributed by atoms with Gasteiger partial charge < -0.3 is 15.2 Å². The molecule has 31 heavy (non-hydrogen) atoms. The summed E-state index contributed by atoms with van der Waals surface area (Å²) in [7, 11) is -4.11. The quantitative estimate of drug-likeness (QED) is 0.622. The molecule has 2 aromatic rings. The Hall–Kier alpha value is -3.34. The lowest BCUT2D eigenvalue weighted by molar-refractivity contribution is -0.122. The van der Waals surface area contributed by atoms with E-state index in [1.165, 1.54) is 18.2 Å². The monoisotopic (exact) mass is 449 g/mol. The molecule has 3 N–H and O–H groups in total. The van der Waals surface area contributed by atoms with Crippen LogP contribution >= 0.6 is 0 Å². The maximum Gasteiger partial charge on any atom is 0.409 e. The Morgan fingerprint density at radius 3 is 2.52 bits per heavy atom. The second-order valence-corrected chi connectivity index (χ2v) is 9.22. The maximum absolute atomic E-state index is 13.3. The third-order valence-electron chi connectivity index (χ3n) is 5.00. The fraction of sp³-hybridized carbons (Fsp3) is 0.300. The van der Waals surface area contributed by atoms with Crippen molar-refractivity contribution in [2.45, 2.75) is 23.8 Å². The summed E-state index contributed by atoms with van der Waals surface area (Å²) in [4.78, 5) is 22.8. The van der Waals surface area contributed by atoms with Crippen LogP contribution in [0, 0.1) is 11.7 Å². The van der Waals surface area contributed by atoms with Gasteiger partial charge in [-0.05, 0) is 55.3 Å². The lowest BCUT2D eigenvalue weighted by Gasteiger charge is -2.35. The standard InChI is InChI=1S/C20H20FN3O6S/c21-13-3-6-16(7-4-13)31(28,29)24-11-15(10-22-19(25)12-1-2-12)30-18-8-5-14(9-17(18)24)23-20(26)27/h3-9,12,15,23H,1-2,10-11H2,(H,22,25)(H,26,27)/t15-/m0/s1. The van der Waals surface area contributed by atoms with Crippen molar-refractivity contribution in [1.29, 1.82) is 0 Å². The smallest absolute Gasteiger partial charge is 0.409 e. The van der Waals surface area contributed by atoms with Crippen molar-refractivity contribution in [1.82, 2.24) is 5.32 Å². The molecule has 1 saturated carbocycles. The minimum absolute atomic E-state index is 0.000390. The van der Waals surface area contributed by atoms with Crippen LogP contribution in [0.5, 0.6) is 5.75 Å². The number of hydrogen-bond donors (Lipinski definition) is 3.